The molecule has 0 aromatic heterocycles. The number of nitrogens with zero attached hydrogens (tertiary/aromatic N) is 1. The van der Waals surface area contributed by atoms with Crippen LogP contribution in [0, 0.1) is 11.8 Å². The molecule has 2 saturated heterocycles. The van der Waals surface area contributed by atoms with Crippen molar-refractivity contribution in [2.75, 3.05) is 31.1 Å². The maximum Gasteiger partial charge on any atom is 0.220 e. The molecule has 4 aromatic rings. The number of benzene rings is 4. The number of phenols is 1. The summed E-state index contributed by atoms with van der Waals surface area (Å²) in [6, 6.07) is 33.1. The van der Waals surface area contributed by atoms with Gasteiger partial charge in [0.25, 0.3) is 0 Å². The third kappa shape index (κ3) is 6.89. The average Bonchev–Trinajstić information content (AvgIpc) is 3.01. The Labute approximate surface area is 243 Å². The molecule has 5 atom stereocenters. The van der Waals surface area contributed by atoms with Gasteiger partial charge in [0.2, 0.25) is 5.91 Å². The first-order valence-electron chi connectivity index (χ1n) is 14.7. The first-order chi connectivity index (χ1) is 19.9. The lowest BCUT2D eigenvalue weighted by molar-refractivity contribution is -0.123. The van der Waals surface area contributed by atoms with Gasteiger partial charge in [0.1, 0.15) is 5.75 Å². The topological polar surface area (TPSA) is 105 Å². The summed E-state index contributed by atoms with van der Waals surface area (Å²) in [5.41, 5.74) is 15.5. The van der Waals surface area contributed by atoms with Crippen molar-refractivity contribution in [2.24, 2.45) is 23.3 Å². The Balaban J connectivity index is 0.000000216. The summed E-state index contributed by atoms with van der Waals surface area (Å²) in [6.07, 6.45) is 2.01. The first-order valence-corrected chi connectivity index (χ1v) is 14.7. The van der Waals surface area contributed by atoms with Crippen LogP contribution in [-0.4, -0.2) is 43.2 Å². The first kappa shape index (κ1) is 28.7. The standard InChI is InChI=1S/C24H26N2O2.C11H16N2/c1-16(24(25)28)22-11-12-26(15-23(22)17-5-3-2-4-6-17)20-9-7-19-14-21(27)10-8-18(19)13-20;12-11-6-7-13-8-10(11)9-4-2-1-3-5-9/h2-10,13-14,16,22-23,27H,11-12,15H2,1H3,(H2,25,28);1-5,10-11,13H,6-8,12H2. The highest BCUT2D eigenvalue weighted by Gasteiger charge is 2.36. The number of carbonyl (C=O) groups excluding carboxylic acids is 1. The van der Waals surface area contributed by atoms with Gasteiger partial charge in [0.05, 0.1) is 0 Å². The Hall–Kier alpha value is -3.87. The van der Waals surface area contributed by atoms with Gasteiger partial charge in [-0.15, -0.1) is 0 Å². The second-order valence-corrected chi connectivity index (χ2v) is 11.5. The zero-order chi connectivity index (χ0) is 28.8. The Morgan fingerprint density at radius 2 is 1.51 bits per heavy atom. The second-order valence-electron chi connectivity index (χ2n) is 11.5. The summed E-state index contributed by atoms with van der Waals surface area (Å²) in [5, 5.41) is 15.2. The highest BCUT2D eigenvalue weighted by Crippen LogP contribution is 2.39. The fraction of sp³-hybridized carbons (Fsp3) is 0.343. The molecule has 6 heteroatoms. The molecule has 0 bridgehead atoms. The van der Waals surface area contributed by atoms with E-state index in [0.29, 0.717) is 12.0 Å². The Morgan fingerprint density at radius 1 is 0.878 bits per heavy atom. The maximum absolute atomic E-state index is 11.9. The van der Waals surface area contributed by atoms with Crippen molar-refractivity contribution in [1.82, 2.24) is 5.32 Å². The number of hydrogen-bond acceptors (Lipinski definition) is 5. The summed E-state index contributed by atoms with van der Waals surface area (Å²) in [7, 11) is 0. The minimum Gasteiger partial charge on any atom is -0.508 e. The van der Waals surface area contributed by atoms with E-state index in [1.807, 2.05) is 25.1 Å². The molecule has 1 amide bonds. The largest absolute Gasteiger partial charge is 0.508 e. The van der Waals surface area contributed by atoms with Crippen LogP contribution in [0.2, 0.25) is 0 Å². The van der Waals surface area contributed by atoms with Crippen LogP contribution in [0.5, 0.6) is 5.75 Å². The lowest BCUT2D eigenvalue weighted by Gasteiger charge is -2.42. The zero-order valence-corrected chi connectivity index (χ0v) is 23.8. The van der Waals surface area contributed by atoms with Crippen molar-refractivity contribution in [3.63, 3.8) is 0 Å². The Morgan fingerprint density at radius 3 is 2.17 bits per heavy atom. The number of carbonyl (C=O) groups is 1. The average molecular weight is 551 g/mol. The van der Waals surface area contributed by atoms with Gasteiger partial charge in [0.15, 0.2) is 0 Å². The normalized spacial score (nSPS) is 23.3. The van der Waals surface area contributed by atoms with Gasteiger partial charge in [-0.25, -0.2) is 0 Å². The van der Waals surface area contributed by atoms with Gasteiger partial charge in [0, 0.05) is 49.1 Å². The van der Waals surface area contributed by atoms with Crippen LogP contribution in [0.3, 0.4) is 0 Å². The van der Waals surface area contributed by atoms with Crippen LogP contribution in [0.1, 0.15) is 42.7 Å². The molecule has 0 aliphatic carbocycles. The van der Waals surface area contributed by atoms with E-state index in [0.717, 1.165) is 49.8 Å². The van der Waals surface area contributed by atoms with Crippen LogP contribution in [0.25, 0.3) is 10.8 Å². The van der Waals surface area contributed by atoms with Crippen molar-refractivity contribution in [1.29, 1.82) is 0 Å². The number of anilines is 1. The number of hydrogen-bond donors (Lipinski definition) is 4. The summed E-state index contributed by atoms with van der Waals surface area (Å²) < 4.78 is 0. The summed E-state index contributed by atoms with van der Waals surface area (Å²) in [5.74, 6) is 0.916. The molecule has 2 aliphatic rings. The van der Waals surface area contributed by atoms with Gasteiger partial charge in [-0.3, -0.25) is 4.79 Å². The highest BCUT2D eigenvalue weighted by atomic mass is 16.3. The van der Waals surface area contributed by atoms with E-state index in [2.05, 4.69) is 76.9 Å². The molecule has 41 heavy (non-hydrogen) atoms. The molecule has 0 saturated carbocycles. The van der Waals surface area contributed by atoms with Gasteiger partial charge in [-0.05, 0) is 71.5 Å². The maximum atomic E-state index is 11.9. The van der Waals surface area contributed by atoms with E-state index in [-0.39, 0.29) is 29.4 Å². The van der Waals surface area contributed by atoms with Crippen molar-refractivity contribution in [3.8, 4) is 5.75 Å². The fourth-order valence-corrected chi connectivity index (χ4v) is 6.43. The molecule has 5 unspecified atom stereocenters. The molecular formula is C35H42N4O2. The van der Waals surface area contributed by atoms with Crippen molar-refractivity contribution >= 4 is 22.4 Å². The van der Waals surface area contributed by atoms with E-state index in [9.17, 15) is 9.90 Å². The molecule has 0 spiro atoms. The van der Waals surface area contributed by atoms with Crippen LogP contribution in [-0.2, 0) is 4.79 Å². The number of aromatic hydroxyl groups is 1. The number of nitrogens with one attached hydrogen (secondary N) is 1. The van der Waals surface area contributed by atoms with Gasteiger partial charge >= 0.3 is 0 Å². The summed E-state index contributed by atoms with van der Waals surface area (Å²) in [4.78, 5) is 14.3. The molecule has 214 valence electrons. The van der Waals surface area contributed by atoms with Crippen molar-refractivity contribution in [3.05, 3.63) is 108 Å². The van der Waals surface area contributed by atoms with Crippen LogP contribution < -0.4 is 21.7 Å². The Bertz CT molecular complexity index is 1430. The van der Waals surface area contributed by atoms with E-state index < -0.39 is 0 Å². The number of primary amides is 1. The zero-order valence-electron chi connectivity index (χ0n) is 23.8. The predicted molar refractivity (Wildman–Crippen MR) is 168 cm³/mol. The third-order valence-corrected chi connectivity index (χ3v) is 8.92. The molecule has 6 rings (SSSR count). The van der Waals surface area contributed by atoms with Gasteiger partial charge < -0.3 is 26.8 Å². The van der Waals surface area contributed by atoms with Crippen LogP contribution >= 0.6 is 0 Å². The number of fused-ring (bicyclic) bond motifs is 1. The molecule has 6 nitrogen and oxygen atoms in total. The van der Waals surface area contributed by atoms with Crippen molar-refractivity contribution < 1.29 is 9.90 Å². The van der Waals surface area contributed by atoms with Gasteiger partial charge in [-0.1, -0.05) is 79.7 Å². The lowest BCUT2D eigenvalue weighted by Crippen LogP contribution is -2.44. The second kappa shape index (κ2) is 13.2. The highest BCUT2D eigenvalue weighted by molar-refractivity contribution is 5.87. The molecule has 2 aliphatic heterocycles. The SMILES string of the molecule is CC(C(N)=O)C1CCN(c2ccc3cc(O)ccc3c2)CC1c1ccccc1.NC1CCNCC1c1ccccc1. The van der Waals surface area contributed by atoms with Crippen molar-refractivity contribution in [2.45, 2.75) is 37.6 Å². The van der Waals surface area contributed by atoms with Crippen LogP contribution in [0.15, 0.2) is 97.1 Å². The van der Waals surface area contributed by atoms with E-state index in [1.54, 1.807) is 12.1 Å². The lowest BCUT2D eigenvalue weighted by atomic mass is 9.74. The Kier molecular flexibility index (Phi) is 9.22. The quantitative estimate of drug-likeness (QED) is 0.268. The molecule has 2 heterocycles. The molecule has 4 aromatic carbocycles. The number of phenolic OH excluding ortho intramolecular Hbond substituents is 1. The molecule has 2 fully saturated rings. The number of piperidine rings is 2. The number of rotatable bonds is 5. The molecular weight excluding hydrogens is 508 g/mol. The van der Waals surface area contributed by atoms with E-state index in [1.165, 1.54) is 16.8 Å². The van der Waals surface area contributed by atoms with Crippen LogP contribution in [0.4, 0.5) is 5.69 Å². The fourth-order valence-electron chi connectivity index (χ4n) is 6.43. The number of amides is 1. The summed E-state index contributed by atoms with van der Waals surface area (Å²) >= 11 is 0. The monoisotopic (exact) mass is 550 g/mol. The predicted octanol–water partition coefficient (Wildman–Crippen LogP) is 5.37. The molecule has 0 radical (unpaired) electrons. The third-order valence-electron chi connectivity index (χ3n) is 8.92. The smallest absolute Gasteiger partial charge is 0.220 e. The minimum absolute atomic E-state index is 0.146. The number of nitrogens with two attached hydrogens (primary N) is 2. The summed E-state index contributed by atoms with van der Waals surface area (Å²) in [6.45, 7) is 5.79. The van der Waals surface area contributed by atoms with E-state index in [4.69, 9.17) is 11.5 Å². The molecule has 6 N–H and O–H groups in total. The van der Waals surface area contributed by atoms with E-state index >= 15 is 0 Å². The van der Waals surface area contributed by atoms with Gasteiger partial charge in [-0.2, -0.15) is 0 Å². The minimum atomic E-state index is -0.218.